The molecule has 4 heteroatoms. The van der Waals surface area contributed by atoms with Crippen LogP contribution in [0.25, 0.3) is 0 Å². The summed E-state index contributed by atoms with van der Waals surface area (Å²) in [4.78, 5) is 5.15. The molecular weight excluding hydrogens is 252 g/mol. The van der Waals surface area contributed by atoms with E-state index >= 15 is 0 Å². The lowest BCUT2D eigenvalue weighted by Crippen LogP contribution is -1.89. The average Bonchev–Trinajstić information content (AvgIpc) is 2.53. The Morgan fingerprint density at radius 2 is 1.65 bits per heavy atom. The first kappa shape index (κ1) is 13.6. The van der Waals surface area contributed by atoms with Crippen molar-refractivity contribution in [1.82, 2.24) is 0 Å². The molecule has 0 saturated carbocycles. The van der Waals surface area contributed by atoms with Crippen LogP contribution in [-0.2, 0) is 11.4 Å². The van der Waals surface area contributed by atoms with Crippen LogP contribution in [0.4, 0.5) is 0 Å². The molecule has 0 unspecified atom stereocenters. The number of ether oxygens (including phenoxy) is 1. The van der Waals surface area contributed by atoms with Gasteiger partial charge in [-0.1, -0.05) is 17.3 Å². The third-order valence-electron chi connectivity index (χ3n) is 2.64. The second-order valence-corrected chi connectivity index (χ2v) is 4.01. The van der Waals surface area contributed by atoms with E-state index in [1.807, 2.05) is 36.4 Å². The second-order valence-electron chi connectivity index (χ2n) is 4.01. The van der Waals surface area contributed by atoms with Gasteiger partial charge in [-0.05, 0) is 42.0 Å². The van der Waals surface area contributed by atoms with Gasteiger partial charge in [-0.25, -0.2) is 0 Å². The van der Waals surface area contributed by atoms with Crippen LogP contribution < -0.4 is 4.74 Å². The molecule has 0 aliphatic heterocycles. The Hall–Kier alpha value is -2.80. The summed E-state index contributed by atoms with van der Waals surface area (Å²) < 4.78 is 5.06. The van der Waals surface area contributed by atoms with E-state index in [0.717, 1.165) is 16.9 Å². The molecule has 0 bridgehead atoms. The normalized spacial score (nSPS) is 10.2. The van der Waals surface area contributed by atoms with Crippen LogP contribution in [0.1, 0.15) is 16.7 Å². The van der Waals surface area contributed by atoms with E-state index in [1.165, 1.54) is 0 Å². The highest BCUT2D eigenvalue weighted by molar-refractivity contribution is 5.79. The van der Waals surface area contributed by atoms with Crippen molar-refractivity contribution >= 4 is 6.21 Å². The Morgan fingerprint density at radius 3 is 2.25 bits per heavy atom. The number of rotatable bonds is 5. The minimum absolute atomic E-state index is 0.342. The second kappa shape index (κ2) is 6.95. The van der Waals surface area contributed by atoms with E-state index in [4.69, 9.17) is 14.8 Å². The fourth-order valence-electron chi connectivity index (χ4n) is 1.53. The lowest BCUT2D eigenvalue weighted by molar-refractivity contribution is 0.132. The molecule has 1 radical (unpaired) electrons. The van der Waals surface area contributed by atoms with Gasteiger partial charge in [0.25, 0.3) is 0 Å². The molecule has 20 heavy (non-hydrogen) atoms. The molecule has 2 rings (SSSR count). The summed E-state index contributed by atoms with van der Waals surface area (Å²) in [6.45, 7) is 0.342. The predicted octanol–water partition coefficient (Wildman–Crippen LogP) is 2.99. The number of nitrogens with zero attached hydrogens (tertiary/aromatic N) is 2. The van der Waals surface area contributed by atoms with Crippen molar-refractivity contribution in [2.24, 2.45) is 5.16 Å². The van der Waals surface area contributed by atoms with Crippen molar-refractivity contribution in [3.63, 3.8) is 0 Å². The van der Waals surface area contributed by atoms with Crippen LogP contribution in [0, 0.1) is 11.3 Å². The molecule has 0 aliphatic carbocycles. The van der Waals surface area contributed by atoms with Crippen molar-refractivity contribution in [2.45, 2.75) is 6.61 Å². The number of methoxy groups -OCH3 is 1. The van der Waals surface area contributed by atoms with Gasteiger partial charge in [-0.15, -0.1) is 0 Å². The summed E-state index contributed by atoms with van der Waals surface area (Å²) in [5.41, 5.74) is 2.39. The molecule has 0 fully saturated rings. The number of hydrogen-bond donors (Lipinski definition) is 0. The number of nitriles is 1. The van der Waals surface area contributed by atoms with Crippen LogP contribution in [0.5, 0.6) is 5.75 Å². The molecule has 0 aliphatic rings. The fraction of sp³-hybridized carbons (Fsp3) is 0.125. The predicted molar refractivity (Wildman–Crippen MR) is 75.5 cm³/mol. The van der Waals surface area contributed by atoms with Gasteiger partial charge >= 0.3 is 0 Å². The summed E-state index contributed by atoms with van der Waals surface area (Å²) in [5, 5.41) is 12.5. The third-order valence-corrected chi connectivity index (χ3v) is 2.64. The van der Waals surface area contributed by atoms with Crippen molar-refractivity contribution in [1.29, 1.82) is 5.26 Å². The summed E-state index contributed by atoms with van der Waals surface area (Å²) >= 11 is 0. The molecule has 0 N–H and O–H groups in total. The lowest BCUT2D eigenvalue weighted by atomic mass is 10.2. The smallest absolute Gasteiger partial charge is 0.142 e. The fourth-order valence-corrected chi connectivity index (χ4v) is 1.53. The van der Waals surface area contributed by atoms with Gasteiger partial charge in [-0.2, -0.15) is 5.26 Å². The Bertz CT molecular complexity index is 610. The van der Waals surface area contributed by atoms with E-state index in [9.17, 15) is 0 Å². The molecule has 2 aromatic rings. The zero-order valence-corrected chi connectivity index (χ0v) is 11.0. The monoisotopic (exact) mass is 265 g/mol. The maximum atomic E-state index is 8.69. The Balaban J connectivity index is 1.85. The zero-order chi connectivity index (χ0) is 14.2. The van der Waals surface area contributed by atoms with E-state index in [1.54, 1.807) is 19.2 Å². The van der Waals surface area contributed by atoms with Crippen LogP contribution in [0.2, 0.25) is 0 Å². The SMILES string of the molecule is COc1ccc(/[C]=N\OCc2ccc(C#N)cc2)cc1. The van der Waals surface area contributed by atoms with Gasteiger partial charge in [0.05, 0.1) is 18.7 Å². The van der Waals surface area contributed by atoms with E-state index in [0.29, 0.717) is 12.2 Å². The summed E-state index contributed by atoms with van der Waals surface area (Å²) in [6.07, 6.45) is 2.78. The van der Waals surface area contributed by atoms with Gasteiger partial charge in [0.1, 0.15) is 18.6 Å². The average molecular weight is 265 g/mol. The Kier molecular flexibility index (Phi) is 4.74. The highest BCUT2D eigenvalue weighted by Gasteiger charge is 1.95. The molecule has 0 amide bonds. The number of hydrogen-bond acceptors (Lipinski definition) is 4. The van der Waals surface area contributed by atoms with E-state index in [2.05, 4.69) is 17.4 Å². The molecule has 4 nitrogen and oxygen atoms in total. The molecule has 2 aromatic carbocycles. The van der Waals surface area contributed by atoms with Gasteiger partial charge in [-0.3, -0.25) is 0 Å². The largest absolute Gasteiger partial charge is 0.497 e. The van der Waals surface area contributed by atoms with Crippen molar-refractivity contribution in [3.05, 3.63) is 65.2 Å². The van der Waals surface area contributed by atoms with Crippen LogP contribution in [0.3, 0.4) is 0 Å². The van der Waals surface area contributed by atoms with Crippen LogP contribution >= 0.6 is 0 Å². The first-order valence-electron chi connectivity index (χ1n) is 6.03. The third kappa shape index (κ3) is 3.85. The molecule has 0 spiro atoms. The molecule has 0 heterocycles. The molecule has 0 saturated heterocycles. The topological polar surface area (TPSA) is 54.6 Å². The van der Waals surface area contributed by atoms with Crippen LogP contribution in [0.15, 0.2) is 53.7 Å². The van der Waals surface area contributed by atoms with Crippen LogP contribution in [-0.4, -0.2) is 13.3 Å². The van der Waals surface area contributed by atoms with Crippen molar-refractivity contribution < 1.29 is 9.57 Å². The Labute approximate surface area is 117 Å². The van der Waals surface area contributed by atoms with Crippen molar-refractivity contribution in [3.8, 4) is 11.8 Å². The van der Waals surface area contributed by atoms with E-state index < -0.39 is 0 Å². The van der Waals surface area contributed by atoms with Gasteiger partial charge < -0.3 is 9.57 Å². The van der Waals surface area contributed by atoms with Gasteiger partial charge in [0.15, 0.2) is 0 Å². The quantitative estimate of drug-likeness (QED) is 0.617. The zero-order valence-electron chi connectivity index (χ0n) is 11.0. The van der Waals surface area contributed by atoms with Gasteiger partial charge in [0.2, 0.25) is 0 Å². The minimum Gasteiger partial charge on any atom is -0.497 e. The highest BCUT2D eigenvalue weighted by atomic mass is 16.6. The summed E-state index contributed by atoms with van der Waals surface area (Å²) in [5.74, 6) is 0.786. The summed E-state index contributed by atoms with van der Waals surface area (Å²) in [6, 6.07) is 16.6. The van der Waals surface area contributed by atoms with Gasteiger partial charge in [0, 0.05) is 5.56 Å². The molecule has 0 atom stereocenters. The standard InChI is InChI=1S/C16H13N2O2/c1-19-16-8-6-14(7-9-16)11-18-20-12-15-4-2-13(10-17)3-5-15/h2-9H,12H2,1H3. The maximum Gasteiger partial charge on any atom is 0.142 e. The molecule has 99 valence electrons. The minimum atomic E-state index is 0.342. The van der Waals surface area contributed by atoms with E-state index in [-0.39, 0.29) is 0 Å². The molecule has 0 aromatic heterocycles. The first-order valence-corrected chi connectivity index (χ1v) is 6.03. The maximum absolute atomic E-state index is 8.69. The summed E-state index contributed by atoms with van der Waals surface area (Å²) in [7, 11) is 1.62. The Morgan fingerprint density at radius 1 is 1.00 bits per heavy atom. The lowest BCUT2D eigenvalue weighted by Gasteiger charge is -2.00. The molecular formula is C16H13N2O2. The first-order chi connectivity index (χ1) is 9.81. The highest BCUT2D eigenvalue weighted by Crippen LogP contribution is 2.10. The number of benzene rings is 2. The van der Waals surface area contributed by atoms with Crippen molar-refractivity contribution in [2.75, 3.05) is 7.11 Å².